The van der Waals surface area contributed by atoms with Crippen molar-refractivity contribution >= 4 is 34.2 Å². The van der Waals surface area contributed by atoms with Gasteiger partial charge in [-0.2, -0.15) is 0 Å². The van der Waals surface area contributed by atoms with Crippen molar-refractivity contribution in [3.05, 3.63) is 72.1 Å². The molecular formula is C37H54GeIrNO2-. The third-order valence-corrected chi connectivity index (χ3v) is 20.9. The first-order valence-corrected chi connectivity index (χ1v) is 21.5. The van der Waals surface area contributed by atoms with E-state index < -0.39 is 13.3 Å². The summed E-state index contributed by atoms with van der Waals surface area (Å²) in [5, 5.41) is 16.3. The minimum Gasteiger partial charge on any atom is 0 e. The number of carbonyl (C=O) groups is 1. The van der Waals surface area contributed by atoms with Crippen LogP contribution in [0.5, 0.6) is 0 Å². The largest absolute Gasteiger partial charge is 0 e. The van der Waals surface area contributed by atoms with Crippen molar-refractivity contribution in [3.8, 4) is 11.3 Å². The quantitative estimate of drug-likeness (QED) is 0.0810. The van der Waals surface area contributed by atoms with E-state index in [1.807, 2.05) is 33.9 Å². The van der Waals surface area contributed by atoms with E-state index in [0.29, 0.717) is 5.92 Å². The molecule has 3 nitrogen and oxygen atoms in total. The van der Waals surface area contributed by atoms with E-state index in [1.54, 1.807) is 4.40 Å². The van der Waals surface area contributed by atoms with Gasteiger partial charge < -0.3 is 5.11 Å². The molecule has 3 aromatic rings. The molecule has 1 N–H and O–H groups in total. The minimum absolute atomic E-state index is 0. The summed E-state index contributed by atoms with van der Waals surface area (Å²) < 4.78 is 1.59. The predicted molar refractivity (Wildman–Crippen MR) is 181 cm³/mol. The van der Waals surface area contributed by atoms with Gasteiger partial charge >= 0.3 is 161 Å². The molecule has 0 aliphatic carbocycles. The predicted octanol–water partition coefficient (Wildman–Crippen LogP) is 10.4. The van der Waals surface area contributed by atoms with Crippen molar-refractivity contribution in [3.63, 3.8) is 0 Å². The molecule has 0 saturated heterocycles. The summed E-state index contributed by atoms with van der Waals surface area (Å²) >= 11 is -1.98. The number of fused-ring (bicyclic) bond motifs is 1. The first-order valence-electron chi connectivity index (χ1n) is 16.0. The van der Waals surface area contributed by atoms with Crippen LogP contribution in [-0.4, -0.2) is 29.1 Å². The van der Waals surface area contributed by atoms with Crippen molar-refractivity contribution < 1.29 is 30.0 Å². The molecular weight excluding hydrogens is 755 g/mol. The fraction of sp³-hybridized carbons (Fsp3) is 0.514. The third kappa shape index (κ3) is 9.63. The molecule has 0 saturated carbocycles. The first kappa shape index (κ1) is 38.3. The van der Waals surface area contributed by atoms with Crippen molar-refractivity contribution in [1.29, 1.82) is 0 Å². The van der Waals surface area contributed by atoms with Crippen LogP contribution in [0, 0.1) is 17.9 Å². The summed E-state index contributed by atoms with van der Waals surface area (Å²) in [6.45, 7) is 19.7. The summed E-state index contributed by atoms with van der Waals surface area (Å²) in [5.74, 6) is 1.03. The maximum absolute atomic E-state index is 11.7. The van der Waals surface area contributed by atoms with E-state index in [1.165, 1.54) is 38.2 Å². The van der Waals surface area contributed by atoms with E-state index in [-0.39, 0.29) is 43.5 Å². The Hall–Kier alpha value is -1.75. The summed E-state index contributed by atoms with van der Waals surface area (Å²) in [6, 6.07) is 19.2. The van der Waals surface area contributed by atoms with E-state index in [0.717, 1.165) is 36.9 Å². The van der Waals surface area contributed by atoms with Gasteiger partial charge in [0.25, 0.3) is 0 Å². The molecule has 1 radical (unpaired) electrons. The Bertz CT molecular complexity index is 1270. The Morgan fingerprint density at radius 3 is 1.98 bits per heavy atom. The molecule has 5 heteroatoms. The van der Waals surface area contributed by atoms with E-state index >= 15 is 0 Å². The van der Waals surface area contributed by atoms with Crippen LogP contribution >= 0.6 is 0 Å². The second-order valence-corrected chi connectivity index (χ2v) is 22.6. The Morgan fingerprint density at radius 2 is 1.45 bits per heavy atom. The van der Waals surface area contributed by atoms with Crippen molar-refractivity contribution in [2.75, 3.05) is 0 Å². The van der Waals surface area contributed by atoms with Crippen LogP contribution in [0.3, 0.4) is 0 Å². The molecule has 42 heavy (non-hydrogen) atoms. The average Bonchev–Trinajstić information content (AvgIpc) is 2.99. The van der Waals surface area contributed by atoms with Gasteiger partial charge in [0.2, 0.25) is 0 Å². The van der Waals surface area contributed by atoms with Gasteiger partial charge in [0.05, 0.1) is 5.76 Å². The van der Waals surface area contributed by atoms with E-state index in [2.05, 4.69) is 83.1 Å². The third-order valence-electron chi connectivity index (χ3n) is 9.19. The van der Waals surface area contributed by atoms with Gasteiger partial charge in [-0.3, -0.25) is 4.79 Å². The molecule has 233 valence electrons. The summed E-state index contributed by atoms with van der Waals surface area (Å²) in [7, 11) is 0. The van der Waals surface area contributed by atoms with Crippen LogP contribution in [0.1, 0.15) is 99.5 Å². The number of rotatable bonds is 13. The molecule has 2 aromatic carbocycles. The number of aliphatic hydroxyl groups is 1. The standard InChI is InChI=1S/C24H30GeN.C13H24O2.Ir/c1-6-25(7-2,8-3)21-13-14-26-24(17-21)20-15-19-11-9-10-12-22(19)23(16-20)18(4)5;1-5-10(6-2)12(14)9-13(15)11(7-3)8-4;/h9-14,16-18H,6-8H2,1-5H3;9-11,14H,5-8H2,1-4H3;/q-1;;/b;12-9-;. The Balaban J connectivity index is 0.000000476. The Kier molecular flexibility index (Phi) is 17.1. The second kappa shape index (κ2) is 18.8. The van der Waals surface area contributed by atoms with Crippen LogP contribution in [-0.2, 0) is 24.9 Å². The Morgan fingerprint density at radius 1 is 0.881 bits per heavy atom. The number of nitrogens with zero attached hydrogens (tertiary/aromatic N) is 1. The van der Waals surface area contributed by atoms with Gasteiger partial charge in [-0.15, -0.1) is 0 Å². The van der Waals surface area contributed by atoms with E-state index in [9.17, 15) is 9.90 Å². The number of benzene rings is 2. The van der Waals surface area contributed by atoms with Gasteiger partial charge in [-0.1, -0.05) is 27.7 Å². The van der Waals surface area contributed by atoms with Crippen LogP contribution in [0.15, 0.2) is 60.5 Å². The zero-order chi connectivity index (χ0) is 30.6. The maximum atomic E-state index is 11.7. The number of aliphatic hydroxyl groups excluding tert-OH is 1. The van der Waals surface area contributed by atoms with Crippen molar-refractivity contribution in [1.82, 2.24) is 4.98 Å². The molecule has 0 fully saturated rings. The maximum Gasteiger partial charge on any atom is 0 e. The second-order valence-electron chi connectivity index (χ2n) is 11.6. The number of aromatic nitrogens is 1. The van der Waals surface area contributed by atoms with Crippen LogP contribution < -0.4 is 4.40 Å². The fourth-order valence-corrected chi connectivity index (χ4v) is 13.5. The molecule has 0 aliphatic rings. The number of ketones is 1. The zero-order valence-corrected chi connectivity index (χ0v) is 32.0. The minimum atomic E-state index is -1.98. The van der Waals surface area contributed by atoms with Gasteiger partial charge in [0.1, 0.15) is 0 Å². The summed E-state index contributed by atoms with van der Waals surface area (Å²) in [6.07, 6.45) is 6.92. The molecule has 0 aliphatic heterocycles. The molecule has 0 unspecified atom stereocenters. The number of hydrogen-bond donors (Lipinski definition) is 1. The number of hydrogen-bond acceptors (Lipinski definition) is 3. The molecule has 0 spiro atoms. The topological polar surface area (TPSA) is 50.2 Å². The first-order chi connectivity index (χ1) is 19.6. The monoisotopic (exact) mass is 811 g/mol. The smallest absolute Gasteiger partial charge is 0 e. The number of carbonyl (C=O) groups excluding carboxylic acids is 1. The number of allylic oxidation sites excluding steroid dienone is 2. The van der Waals surface area contributed by atoms with Crippen molar-refractivity contribution in [2.45, 2.75) is 110 Å². The molecule has 3 rings (SSSR count). The zero-order valence-electron chi connectivity index (χ0n) is 27.5. The molecule has 1 aromatic heterocycles. The molecule has 0 bridgehead atoms. The molecule has 1 heterocycles. The van der Waals surface area contributed by atoms with Gasteiger partial charge in [-0.05, 0) is 25.7 Å². The summed E-state index contributed by atoms with van der Waals surface area (Å²) in [4.78, 5) is 16.4. The average molecular weight is 810 g/mol. The normalized spacial score (nSPS) is 12.0. The summed E-state index contributed by atoms with van der Waals surface area (Å²) in [5.41, 5.74) is 3.60. The van der Waals surface area contributed by atoms with Gasteiger partial charge in [0, 0.05) is 38.0 Å². The van der Waals surface area contributed by atoms with Crippen molar-refractivity contribution in [2.24, 2.45) is 11.8 Å². The molecule has 0 atom stereocenters. The van der Waals surface area contributed by atoms with Crippen LogP contribution in [0.4, 0.5) is 0 Å². The van der Waals surface area contributed by atoms with Gasteiger partial charge in [-0.25, -0.2) is 0 Å². The fourth-order valence-electron chi connectivity index (χ4n) is 5.92. The Labute approximate surface area is 272 Å². The van der Waals surface area contributed by atoms with Gasteiger partial charge in [0.15, 0.2) is 5.78 Å². The van der Waals surface area contributed by atoms with Crippen LogP contribution in [0.2, 0.25) is 15.8 Å². The van der Waals surface area contributed by atoms with Crippen LogP contribution in [0.25, 0.3) is 22.0 Å². The number of pyridine rings is 1. The SMILES string of the molecule is CCC(CC)C(=O)/C=C(\O)C(CC)CC.C[CH2][Ge]([CH2]C)([CH2]C)[c]1ccnc(-c2[c-]c3ccccc3c(C(C)C)c2)c1.[Ir]. The molecule has 0 amide bonds. The van der Waals surface area contributed by atoms with E-state index in [4.69, 9.17) is 4.98 Å².